The molecule has 3 aromatic carbocycles. The lowest BCUT2D eigenvalue weighted by Gasteiger charge is -2.10. The molecule has 0 atom stereocenters. The summed E-state index contributed by atoms with van der Waals surface area (Å²) in [6.07, 6.45) is 8.25. The fourth-order valence-electron chi connectivity index (χ4n) is 3.26. The summed E-state index contributed by atoms with van der Waals surface area (Å²) in [6.45, 7) is 4.25. The van der Waals surface area contributed by atoms with Crippen LogP contribution in [0.1, 0.15) is 38.7 Å². The van der Waals surface area contributed by atoms with E-state index >= 15 is 0 Å². The highest BCUT2D eigenvalue weighted by Crippen LogP contribution is 2.32. The van der Waals surface area contributed by atoms with E-state index in [9.17, 15) is 8.78 Å². The first kappa shape index (κ1) is 20.1. The Morgan fingerprint density at radius 2 is 1.64 bits per heavy atom. The third-order valence-electron chi connectivity index (χ3n) is 4.91. The number of fused-ring (bicyclic) bond motifs is 1. The quantitative estimate of drug-likeness (QED) is 0.291. The average Bonchev–Trinajstić information content (AvgIpc) is 2.72. The zero-order chi connectivity index (χ0) is 19.9. The van der Waals surface area contributed by atoms with Crippen molar-refractivity contribution < 1.29 is 13.5 Å². The molecule has 146 valence electrons. The summed E-state index contributed by atoms with van der Waals surface area (Å²) in [4.78, 5) is 0. The monoisotopic (exact) mass is 380 g/mol. The summed E-state index contributed by atoms with van der Waals surface area (Å²) in [7, 11) is 0. The Balaban J connectivity index is 1.87. The van der Waals surface area contributed by atoms with Crippen molar-refractivity contribution in [2.45, 2.75) is 39.5 Å². The maximum atomic E-state index is 14.6. The Morgan fingerprint density at radius 1 is 0.893 bits per heavy atom. The number of ether oxygens (including phenoxy) is 1. The van der Waals surface area contributed by atoms with Gasteiger partial charge in [0.05, 0.1) is 0 Å². The number of hydrogen-bond donors (Lipinski definition) is 0. The Kier molecular flexibility index (Phi) is 6.80. The van der Waals surface area contributed by atoms with Crippen LogP contribution in [0.3, 0.4) is 0 Å². The maximum absolute atomic E-state index is 14.6. The number of allylic oxidation sites excluding steroid dienone is 1. The predicted octanol–water partition coefficient (Wildman–Crippen LogP) is 7.47. The number of hydrogen-bond acceptors (Lipinski definition) is 1. The van der Waals surface area contributed by atoms with E-state index in [1.165, 1.54) is 24.8 Å². The zero-order valence-electron chi connectivity index (χ0n) is 16.5. The van der Waals surface area contributed by atoms with E-state index in [0.717, 1.165) is 17.5 Å². The topological polar surface area (TPSA) is 9.23 Å². The second-order valence-electron chi connectivity index (χ2n) is 6.97. The summed E-state index contributed by atoms with van der Waals surface area (Å²) in [5.41, 5.74) is 3.17. The third kappa shape index (κ3) is 4.59. The van der Waals surface area contributed by atoms with Crippen LogP contribution in [0, 0.1) is 11.6 Å². The van der Waals surface area contributed by atoms with Gasteiger partial charge in [0.1, 0.15) is 6.61 Å². The van der Waals surface area contributed by atoms with Crippen molar-refractivity contribution in [3.8, 4) is 16.9 Å². The summed E-state index contributed by atoms with van der Waals surface area (Å²) < 4.78 is 34.3. The van der Waals surface area contributed by atoms with E-state index < -0.39 is 11.6 Å². The normalized spacial score (nSPS) is 11.4. The molecule has 0 heterocycles. The second-order valence-corrected chi connectivity index (χ2v) is 6.97. The van der Waals surface area contributed by atoms with Crippen molar-refractivity contribution >= 4 is 10.8 Å². The average molecular weight is 380 g/mol. The van der Waals surface area contributed by atoms with Gasteiger partial charge in [-0.15, -0.1) is 0 Å². The van der Waals surface area contributed by atoms with Crippen LogP contribution in [0.5, 0.6) is 5.75 Å². The molecule has 0 saturated heterocycles. The number of halogens is 2. The van der Waals surface area contributed by atoms with Gasteiger partial charge in [-0.05, 0) is 54.0 Å². The van der Waals surface area contributed by atoms with Gasteiger partial charge in [0.2, 0.25) is 5.82 Å². The molecule has 0 aliphatic carbocycles. The van der Waals surface area contributed by atoms with Crippen LogP contribution in [0.2, 0.25) is 0 Å². The second kappa shape index (κ2) is 9.50. The zero-order valence-corrected chi connectivity index (χ0v) is 16.5. The molecule has 3 rings (SSSR count). The van der Waals surface area contributed by atoms with E-state index in [-0.39, 0.29) is 17.7 Å². The summed E-state index contributed by atoms with van der Waals surface area (Å²) in [6, 6.07) is 15.3. The molecule has 1 nitrogen and oxygen atoms in total. The van der Waals surface area contributed by atoms with Gasteiger partial charge in [0.25, 0.3) is 0 Å². The Morgan fingerprint density at radius 3 is 2.36 bits per heavy atom. The highest BCUT2D eigenvalue weighted by molar-refractivity contribution is 5.89. The lowest BCUT2D eigenvalue weighted by Crippen LogP contribution is -1.99. The number of rotatable bonds is 8. The van der Waals surface area contributed by atoms with Crippen LogP contribution in [0.25, 0.3) is 21.9 Å². The van der Waals surface area contributed by atoms with Gasteiger partial charge in [-0.3, -0.25) is 0 Å². The number of benzene rings is 3. The minimum Gasteiger partial charge on any atom is -0.486 e. The van der Waals surface area contributed by atoms with Crippen molar-refractivity contribution in [1.29, 1.82) is 0 Å². The first-order valence-electron chi connectivity index (χ1n) is 9.89. The van der Waals surface area contributed by atoms with Crippen molar-refractivity contribution in [3.05, 3.63) is 77.9 Å². The van der Waals surface area contributed by atoms with Gasteiger partial charge < -0.3 is 4.74 Å². The van der Waals surface area contributed by atoms with Gasteiger partial charge >= 0.3 is 0 Å². The Labute approximate surface area is 165 Å². The molecule has 0 radical (unpaired) electrons. The van der Waals surface area contributed by atoms with E-state index in [0.29, 0.717) is 5.39 Å². The first-order chi connectivity index (χ1) is 13.6. The van der Waals surface area contributed by atoms with E-state index in [4.69, 9.17) is 4.74 Å². The maximum Gasteiger partial charge on any atom is 0.201 e. The van der Waals surface area contributed by atoms with Gasteiger partial charge in [0.15, 0.2) is 11.6 Å². The van der Waals surface area contributed by atoms with Crippen LogP contribution in [-0.4, -0.2) is 6.61 Å². The molecule has 28 heavy (non-hydrogen) atoms. The molecular formula is C25H26F2O. The van der Waals surface area contributed by atoms with Crippen molar-refractivity contribution in [2.24, 2.45) is 0 Å². The van der Waals surface area contributed by atoms with Crippen LogP contribution in [0.15, 0.2) is 60.7 Å². The van der Waals surface area contributed by atoms with Crippen LogP contribution >= 0.6 is 0 Å². The standard InChI is InChI=1S/C25H26F2O/c1-3-5-7-8-18-9-11-19(12-10-18)20-13-14-21-17-23(28-15-6-4-2)25(27)24(26)22(21)16-20/h4,6,9-14,16-17H,3,5,7-8,15H2,1-2H3. The van der Waals surface area contributed by atoms with Crippen molar-refractivity contribution in [1.82, 2.24) is 0 Å². The van der Waals surface area contributed by atoms with Crippen LogP contribution in [0.4, 0.5) is 8.78 Å². The van der Waals surface area contributed by atoms with Crippen molar-refractivity contribution in [2.75, 3.05) is 6.61 Å². The Hall–Kier alpha value is -2.68. The minimum absolute atomic E-state index is 0.0627. The summed E-state index contributed by atoms with van der Waals surface area (Å²) >= 11 is 0. The number of unbranched alkanes of at least 4 members (excludes halogenated alkanes) is 2. The lowest BCUT2D eigenvalue weighted by molar-refractivity contribution is 0.334. The van der Waals surface area contributed by atoms with Gasteiger partial charge in [-0.1, -0.05) is 68.3 Å². The molecule has 0 aromatic heterocycles. The number of aryl methyl sites for hydroxylation is 1. The molecule has 0 fully saturated rings. The molecular weight excluding hydrogens is 354 g/mol. The predicted molar refractivity (Wildman–Crippen MR) is 113 cm³/mol. The molecule has 3 heteroatoms. The molecule has 0 saturated carbocycles. The SMILES string of the molecule is CC=CCOc1cc2ccc(-c3ccc(CCCCC)cc3)cc2c(F)c1F. The highest BCUT2D eigenvalue weighted by Gasteiger charge is 2.15. The van der Waals surface area contributed by atoms with E-state index in [1.807, 2.05) is 31.2 Å². The largest absolute Gasteiger partial charge is 0.486 e. The van der Waals surface area contributed by atoms with E-state index in [2.05, 4.69) is 19.1 Å². The van der Waals surface area contributed by atoms with Crippen molar-refractivity contribution in [3.63, 3.8) is 0 Å². The lowest BCUT2D eigenvalue weighted by atomic mass is 9.98. The fourth-order valence-corrected chi connectivity index (χ4v) is 3.26. The van der Waals surface area contributed by atoms with Gasteiger partial charge in [0, 0.05) is 5.39 Å². The van der Waals surface area contributed by atoms with E-state index in [1.54, 1.807) is 24.3 Å². The molecule has 0 spiro atoms. The Bertz CT molecular complexity index is 958. The summed E-state index contributed by atoms with van der Waals surface area (Å²) in [5, 5.41) is 0.884. The molecule has 0 amide bonds. The summed E-state index contributed by atoms with van der Waals surface area (Å²) in [5.74, 6) is -1.88. The van der Waals surface area contributed by atoms with Gasteiger partial charge in [-0.25, -0.2) is 4.39 Å². The molecule has 0 N–H and O–H groups in total. The third-order valence-corrected chi connectivity index (χ3v) is 4.91. The smallest absolute Gasteiger partial charge is 0.201 e. The minimum atomic E-state index is -0.944. The fraction of sp³-hybridized carbons (Fsp3) is 0.280. The molecule has 0 bridgehead atoms. The molecule has 0 aliphatic heterocycles. The molecule has 0 aliphatic rings. The highest BCUT2D eigenvalue weighted by atomic mass is 19.2. The molecule has 0 unspecified atom stereocenters. The van der Waals surface area contributed by atoms with Crippen LogP contribution in [-0.2, 0) is 6.42 Å². The molecule has 3 aromatic rings. The van der Waals surface area contributed by atoms with Crippen LogP contribution < -0.4 is 4.74 Å². The van der Waals surface area contributed by atoms with Gasteiger partial charge in [-0.2, -0.15) is 4.39 Å². The first-order valence-corrected chi connectivity index (χ1v) is 9.89.